The highest BCUT2D eigenvalue weighted by atomic mass is 16.5. The van der Waals surface area contributed by atoms with Crippen LogP contribution in [0.15, 0.2) is 60.7 Å². The molecule has 0 spiro atoms. The zero-order valence-corrected chi connectivity index (χ0v) is 21.4. The second-order valence-corrected chi connectivity index (χ2v) is 9.08. The summed E-state index contributed by atoms with van der Waals surface area (Å²) in [7, 11) is 5.03. The van der Waals surface area contributed by atoms with Crippen LogP contribution in [0.4, 0.5) is 0 Å². The first-order chi connectivity index (χ1) is 16.7. The van der Waals surface area contributed by atoms with Gasteiger partial charge in [0.2, 0.25) is 11.8 Å². The van der Waals surface area contributed by atoms with E-state index in [1.54, 1.807) is 40.0 Å². The Morgan fingerprint density at radius 1 is 0.857 bits per heavy atom. The van der Waals surface area contributed by atoms with Gasteiger partial charge in [-0.15, -0.1) is 0 Å². The summed E-state index contributed by atoms with van der Waals surface area (Å²) in [6.45, 7) is 3.83. The molecule has 2 N–H and O–H groups in total. The van der Waals surface area contributed by atoms with Crippen LogP contribution in [-0.4, -0.2) is 67.5 Å². The molecule has 2 aromatic carbocycles. The number of hydrogen-bond acceptors (Lipinski definition) is 5. The summed E-state index contributed by atoms with van der Waals surface area (Å²) in [6.07, 6.45) is 1.05. The van der Waals surface area contributed by atoms with Crippen molar-refractivity contribution < 1.29 is 19.1 Å². The largest absolute Gasteiger partial charge is 0.374 e. The third-order valence-electron chi connectivity index (χ3n) is 5.54. The summed E-state index contributed by atoms with van der Waals surface area (Å²) >= 11 is 0. The van der Waals surface area contributed by atoms with Crippen molar-refractivity contribution in [2.24, 2.45) is 5.92 Å². The van der Waals surface area contributed by atoms with Crippen LogP contribution in [0.25, 0.3) is 0 Å². The van der Waals surface area contributed by atoms with Crippen molar-refractivity contribution in [1.82, 2.24) is 20.7 Å². The fourth-order valence-electron chi connectivity index (χ4n) is 3.52. The Labute approximate surface area is 208 Å². The SMILES string of the molecule is CC(C)C(=O)NC(COCc1ccccc1)C(=O)N(C)C(CCc1ccccc1)C(=O)NN(C)C. The molecule has 190 valence electrons. The normalized spacial score (nSPS) is 12.8. The molecule has 0 saturated heterocycles. The highest BCUT2D eigenvalue weighted by Gasteiger charge is 2.32. The maximum atomic E-state index is 13.5. The molecule has 35 heavy (non-hydrogen) atoms. The average Bonchev–Trinajstić information content (AvgIpc) is 2.83. The molecule has 0 aliphatic carbocycles. The van der Waals surface area contributed by atoms with Crippen LogP contribution in [-0.2, 0) is 32.1 Å². The van der Waals surface area contributed by atoms with Crippen LogP contribution in [0.3, 0.4) is 0 Å². The first-order valence-corrected chi connectivity index (χ1v) is 11.9. The molecule has 3 amide bonds. The molecule has 0 fully saturated rings. The van der Waals surface area contributed by atoms with Crippen molar-refractivity contribution in [1.29, 1.82) is 0 Å². The second-order valence-electron chi connectivity index (χ2n) is 9.08. The third-order valence-corrected chi connectivity index (χ3v) is 5.54. The first kappa shape index (κ1) is 28.0. The monoisotopic (exact) mass is 482 g/mol. The van der Waals surface area contributed by atoms with E-state index >= 15 is 0 Å². The number of likely N-dealkylation sites (N-methyl/N-ethyl adjacent to an activating group) is 1. The Hall–Kier alpha value is -3.23. The Morgan fingerprint density at radius 2 is 1.43 bits per heavy atom. The van der Waals surface area contributed by atoms with E-state index in [4.69, 9.17) is 4.74 Å². The molecule has 0 radical (unpaired) electrons. The van der Waals surface area contributed by atoms with E-state index in [0.29, 0.717) is 19.4 Å². The summed E-state index contributed by atoms with van der Waals surface area (Å²) in [6, 6.07) is 17.8. The van der Waals surface area contributed by atoms with Gasteiger partial charge in [-0.3, -0.25) is 19.8 Å². The maximum absolute atomic E-state index is 13.5. The lowest BCUT2D eigenvalue weighted by Crippen LogP contribution is -2.57. The number of carbonyl (C=O) groups is 3. The van der Waals surface area contributed by atoms with E-state index in [1.165, 1.54) is 4.90 Å². The fourth-order valence-corrected chi connectivity index (χ4v) is 3.52. The molecular weight excluding hydrogens is 444 g/mol. The molecule has 0 bridgehead atoms. The van der Waals surface area contributed by atoms with Gasteiger partial charge < -0.3 is 15.0 Å². The Morgan fingerprint density at radius 3 is 1.97 bits per heavy atom. The lowest BCUT2D eigenvalue weighted by molar-refractivity contribution is -0.145. The molecule has 2 atom stereocenters. The maximum Gasteiger partial charge on any atom is 0.257 e. The van der Waals surface area contributed by atoms with Gasteiger partial charge >= 0.3 is 0 Å². The molecule has 8 nitrogen and oxygen atoms in total. The van der Waals surface area contributed by atoms with Gasteiger partial charge in [-0.2, -0.15) is 0 Å². The standard InChI is InChI=1S/C27H38N4O4/c1-20(2)25(32)28-23(19-35-18-22-14-10-7-11-15-22)27(34)31(5)24(26(33)29-30(3)4)17-16-21-12-8-6-9-13-21/h6-15,20,23-24H,16-19H2,1-5H3,(H,28,32)(H,29,33). The van der Waals surface area contributed by atoms with Gasteiger partial charge in [0, 0.05) is 27.1 Å². The zero-order chi connectivity index (χ0) is 25.8. The highest BCUT2D eigenvalue weighted by molar-refractivity contribution is 5.92. The van der Waals surface area contributed by atoms with Crippen LogP contribution >= 0.6 is 0 Å². The Bertz CT molecular complexity index is 935. The minimum atomic E-state index is -0.912. The number of nitrogens with zero attached hydrogens (tertiary/aromatic N) is 2. The van der Waals surface area contributed by atoms with Gasteiger partial charge in [-0.25, -0.2) is 5.01 Å². The molecule has 2 rings (SSSR count). The number of rotatable bonds is 13. The lowest BCUT2D eigenvalue weighted by atomic mass is 10.0. The molecule has 0 heterocycles. The van der Waals surface area contributed by atoms with E-state index in [-0.39, 0.29) is 30.2 Å². The van der Waals surface area contributed by atoms with Crippen molar-refractivity contribution in [3.05, 3.63) is 71.8 Å². The lowest BCUT2D eigenvalue weighted by Gasteiger charge is -2.32. The molecule has 0 aliphatic heterocycles. The smallest absolute Gasteiger partial charge is 0.257 e. The molecule has 8 heteroatoms. The fraction of sp³-hybridized carbons (Fsp3) is 0.444. The van der Waals surface area contributed by atoms with Gasteiger partial charge in [-0.1, -0.05) is 74.5 Å². The molecule has 2 unspecified atom stereocenters. The van der Waals surface area contributed by atoms with E-state index in [9.17, 15) is 14.4 Å². The topological polar surface area (TPSA) is 91.0 Å². The molecule has 0 aromatic heterocycles. The van der Waals surface area contributed by atoms with Crippen molar-refractivity contribution in [2.45, 2.75) is 45.4 Å². The molecule has 0 aliphatic rings. The minimum Gasteiger partial charge on any atom is -0.374 e. The van der Waals surface area contributed by atoms with Crippen molar-refractivity contribution in [3.8, 4) is 0 Å². The number of benzene rings is 2. The van der Waals surface area contributed by atoms with Crippen LogP contribution in [0.2, 0.25) is 0 Å². The first-order valence-electron chi connectivity index (χ1n) is 11.9. The summed E-state index contributed by atoms with van der Waals surface area (Å²) in [5, 5.41) is 4.35. The minimum absolute atomic E-state index is 0.00275. The number of nitrogens with one attached hydrogen (secondary N) is 2. The van der Waals surface area contributed by atoms with Gasteiger partial charge in [0.05, 0.1) is 13.2 Å². The molecule has 2 aromatic rings. The predicted molar refractivity (Wildman–Crippen MR) is 136 cm³/mol. The van der Waals surface area contributed by atoms with Crippen molar-refractivity contribution in [3.63, 3.8) is 0 Å². The number of amides is 3. The zero-order valence-electron chi connectivity index (χ0n) is 21.4. The molecular formula is C27H38N4O4. The summed E-state index contributed by atoms with van der Waals surface area (Å²) < 4.78 is 5.80. The van der Waals surface area contributed by atoms with Crippen LogP contribution in [0.1, 0.15) is 31.4 Å². The summed E-state index contributed by atoms with van der Waals surface area (Å²) in [5.41, 5.74) is 4.80. The molecule has 0 saturated carbocycles. The van der Waals surface area contributed by atoms with Gasteiger partial charge in [-0.05, 0) is 24.0 Å². The van der Waals surface area contributed by atoms with Gasteiger partial charge in [0.15, 0.2) is 0 Å². The Balaban J connectivity index is 2.16. The summed E-state index contributed by atoms with van der Waals surface area (Å²) in [4.78, 5) is 40.4. The predicted octanol–water partition coefficient (Wildman–Crippen LogP) is 2.40. The van der Waals surface area contributed by atoms with E-state index in [2.05, 4.69) is 10.7 Å². The van der Waals surface area contributed by atoms with E-state index < -0.39 is 12.1 Å². The summed E-state index contributed by atoms with van der Waals surface area (Å²) in [5.74, 6) is -1.21. The Kier molecular flexibility index (Phi) is 11.4. The number of aryl methyl sites for hydroxylation is 1. The highest BCUT2D eigenvalue weighted by Crippen LogP contribution is 2.12. The number of hydrogen-bond donors (Lipinski definition) is 2. The van der Waals surface area contributed by atoms with Gasteiger partial charge in [0.1, 0.15) is 12.1 Å². The van der Waals surface area contributed by atoms with Crippen molar-refractivity contribution >= 4 is 17.7 Å². The van der Waals surface area contributed by atoms with Gasteiger partial charge in [0.25, 0.3) is 5.91 Å². The van der Waals surface area contributed by atoms with Crippen LogP contribution in [0.5, 0.6) is 0 Å². The number of ether oxygens (including phenoxy) is 1. The van der Waals surface area contributed by atoms with E-state index in [1.807, 2.05) is 60.7 Å². The number of hydrazine groups is 1. The average molecular weight is 483 g/mol. The van der Waals surface area contributed by atoms with E-state index in [0.717, 1.165) is 11.1 Å². The number of carbonyl (C=O) groups excluding carboxylic acids is 3. The second kappa shape index (κ2) is 14.2. The van der Waals surface area contributed by atoms with Crippen molar-refractivity contribution in [2.75, 3.05) is 27.7 Å². The third kappa shape index (κ3) is 9.50. The quantitative estimate of drug-likeness (QED) is 0.428. The van der Waals surface area contributed by atoms with Crippen LogP contribution in [0, 0.1) is 5.92 Å². The van der Waals surface area contributed by atoms with Crippen LogP contribution < -0.4 is 10.7 Å².